The van der Waals surface area contributed by atoms with E-state index in [1.807, 2.05) is 12.1 Å². The van der Waals surface area contributed by atoms with Crippen molar-refractivity contribution >= 4 is 17.1 Å². The van der Waals surface area contributed by atoms with Gasteiger partial charge in [-0.15, -0.1) is 0 Å². The second-order valence-electron chi connectivity index (χ2n) is 6.45. The number of halogens is 1. The summed E-state index contributed by atoms with van der Waals surface area (Å²) in [5.41, 5.74) is 0.932. The number of H-pyrrole nitrogens is 1. The lowest BCUT2D eigenvalue weighted by Crippen LogP contribution is -3.00. The fourth-order valence-electron chi connectivity index (χ4n) is 4.02. The zero-order valence-electron chi connectivity index (χ0n) is 14.0. The highest BCUT2D eigenvalue weighted by Gasteiger charge is 2.39. The molecule has 2 aliphatic heterocycles. The first-order valence-corrected chi connectivity index (χ1v) is 7.86. The van der Waals surface area contributed by atoms with E-state index in [2.05, 4.69) is 22.2 Å². The van der Waals surface area contributed by atoms with Crippen molar-refractivity contribution in [1.29, 1.82) is 0 Å². The molecular formula is C16H21ClN4O2. The predicted molar refractivity (Wildman–Crippen MR) is 85.2 cm³/mol. The van der Waals surface area contributed by atoms with Crippen LogP contribution in [0.15, 0.2) is 29.1 Å². The van der Waals surface area contributed by atoms with Crippen molar-refractivity contribution in [2.75, 3.05) is 7.05 Å². The Morgan fingerprint density at radius 1 is 1.26 bits per heavy atom. The molecule has 2 unspecified atom stereocenters. The normalized spacial score (nSPS) is 26.9. The molecule has 23 heavy (non-hydrogen) atoms. The molecule has 0 spiro atoms. The van der Waals surface area contributed by atoms with Crippen LogP contribution < -0.4 is 23.4 Å². The Bertz CT molecular complexity index is 776. The Kier molecular flexibility index (Phi) is 4.21. The van der Waals surface area contributed by atoms with Gasteiger partial charge < -0.3 is 27.6 Å². The minimum Gasteiger partial charge on any atom is -1.00 e. The van der Waals surface area contributed by atoms with Gasteiger partial charge in [0.25, 0.3) is 0 Å². The highest BCUT2D eigenvalue weighted by atomic mass is 35.5. The van der Waals surface area contributed by atoms with Crippen LogP contribution in [0.1, 0.15) is 27.1 Å². The van der Waals surface area contributed by atoms with Crippen molar-refractivity contribution in [3.63, 3.8) is 0 Å². The smallest absolute Gasteiger partial charge is 1.00 e. The molecule has 2 N–H and O–H groups in total. The standard InChI is InChI=1S/C16H20N4O2.ClH/c1-19-11-6-7-12(19)9-10(8-11)17-15(21)20-14-5-3-2-4-13(14)18-16(20)22;/h2-5,10-12H,6-9H2,1H3,(H,17,21)(H,18,22);1H. The number of nitrogens with one attached hydrogen (secondary N) is 2. The van der Waals surface area contributed by atoms with Crippen LogP contribution in [0.5, 0.6) is 0 Å². The summed E-state index contributed by atoms with van der Waals surface area (Å²) in [5, 5.41) is 3.05. The molecule has 2 aliphatic rings. The van der Waals surface area contributed by atoms with Gasteiger partial charge in [-0.1, -0.05) is 12.1 Å². The van der Waals surface area contributed by atoms with Gasteiger partial charge in [0.15, 0.2) is 0 Å². The second kappa shape index (κ2) is 6.02. The summed E-state index contributed by atoms with van der Waals surface area (Å²) >= 11 is 0. The van der Waals surface area contributed by atoms with E-state index < -0.39 is 0 Å². The zero-order chi connectivity index (χ0) is 15.3. The molecule has 2 aromatic rings. The lowest BCUT2D eigenvalue weighted by Gasteiger charge is -2.36. The molecule has 2 bridgehead atoms. The van der Waals surface area contributed by atoms with Gasteiger partial charge in [0, 0.05) is 18.1 Å². The number of piperidine rings is 1. The summed E-state index contributed by atoms with van der Waals surface area (Å²) in [4.78, 5) is 29.7. The molecule has 6 nitrogen and oxygen atoms in total. The fourth-order valence-corrected chi connectivity index (χ4v) is 4.02. The number of aromatic nitrogens is 2. The molecular weight excluding hydrogens is 316 g/mol. The Balaban J connectivity index is 0.00000104. The summed E-state index contributed by atoms with van der Waals surface area (Å²) in [6, 6.07) is 8.21. The van der Waals surface area contributed by atoms with Crippen molar-refractivity contribution in [3.8, 4) is 0 Å². The Morgan fingerprint density at radius 2 is 1.91 bits per heavy atom. The van der Waals surface area contributed by atoms with Gasteiger partial charge in [0.2, 0.25) is 0 Å². The van der Waals surface area contributed by atoms with Gasteiger partial charge in [-0.2, -0.15) is 0 Å². The van der Waals surface area contributed by atoms with E-state index in [1.54, 1.807) is 12.1 Å². The van der Waals surface area contributed by atoms with E-state index in [4.69, 9.17) is 0 Å². The number of hydrogen-bond acceptors (Lipinski definition) is 3. The van der Waals surface area contributed by atoms with Crippen LogP contribution in [0.4, 0.5) is 4.79 Å². The molecule has 0 aliphatic carbocycles. The van der Waals surface area contributed by atoms with Gasteiger partial charge in [0.05, 0.1) is 11.0 Å². The van der Waals surface area contributed by atoms with Gasteiger partial charge >= 0.3 is 13.1 Å². The average molecular weight is 337 g/mol. The van der Waals surface area contributed by atoms with Crippen LogP contribution in [0.25, 0.3) is 11.0 Å². The van der Waals surface area contributed by atoms with E-state index in [9.17, 15) is 9.59 Å². The Labute approximate surface area is 141 Å². The first-order valence-electron chi connectivity index (χ1n) is 7.86. The number of imidazole rings is 1. The minimum absolute atomic E-state index is 0. The van der Waals surface area contributed by atoms with Gasteiger partial charge in [-0.25, -0.2) is 14.2 Å². The second-order valence-corrected chi connectivity index (χ2v) is 6.45. The first-order chi connectivity index (χ1) is 10.6. The molecule has 2 saturated heterocycles. The van der Waals surface area contributed by atoms with Crippen LogP contribution in [-0.2, 0) is 0 Å². The van der Waals surface area contributed by atoms with Crippen molar-refractivity contribution < 1.29 is 18.6 Å². The van der Waals surface area contributed by atoms with E-state index in [0.29, 0.717) is 23.1 Å². The number of carbonyl (C=O) groups excluding carboxylic acids is 1. The Morgan fingerprint density at radius 3 is 2.61 bits per heavy atom. The van der Waals surface area contributed by atoms with Crippen molar-refractivity contribution in [3.05, 3.63) is 34.7 Å². The number of hydrogen-bond donors (Lipinski definition) is 2. The van der Waals surface area contributed by atoms with Crippen molar-refractivity contribution in [2.45, 2.75) is 43.8 Å². The van der Waals surface area contributed by atoms with Crippen LogP contribution in [-0.4, -0.2) is 45.7 Å². The molecule has 7 heteroatoms. The molecule has 2 fully saturated rings. The SMILES string of the molecule is CN1C2CCC1CC(NC(=O)n1c(=O)[nH]c3ccccc31)C2.[Cl-].[H+]. The third-order valence-electron chi connectivity index (χ3n) is 5.22. The summed E-state index contributed by atoms with van der Waals surface area (Å²) in [6.45, 7) is 0. The number of para-hydroxylation sites is 2. The van der Waals surface area contributed by atoms with Crippen LogP contribution in [0, 0.1) is 0 Å². The zero-order valence-corrected chi connectivity index (χ0v) is 13.7. The summed E-state index contributed by atoms with van der Waals surface area (Å²) in [5.74, 6) is 0. The predicted octanol–water partition coefficient (Wildman–Crippen LogP) is -1.37. The molecule has 0 radical (unpaired) electrons. The maximum Gasteiger partial charge on any atom is 1.00 e. The summed E-state index contributed by atoms with van der Waals surface area (Å²) in [7, 11) is 2.17. The number of carbonyl (C=O) groups is 1. The lowest BCUT2D eigenvalue weighted by atomic mass is 9.98. The number of amides is 1. The molecule has 1 amide bonds. The summed E-state index contributed by atoms with van der Waals surface area (Å²) < 4.78 is 1.20. The first kappa shape index (κ1) is 16.1. The fraction of sp³-hybridized carbons (Fsp3) is 0.500. The number of rotatable bonds is 1. The van der Waals surface area contributed by atoms with Gasteiger partial charge in [-0.3, -0.25) is 0 Å². The molecule has 1 aromatic heterocycles. The molecule has 4 rings (SSSR count). The van der Waals surface area contributed by atoms with Gasteiger partial charge in [0.1, 0.15) is 0 Å². The Hall–Kier alpha value is -1.79. The highest BCUT2D eigenvalue weighted by Crippen LogP contribution is 2.34. The third kappa shape index (κ3) is 2.66. The summed E-state index contributed by atoms with van der Waals surface area (Å²) in [6.07, 6.45) is 4.35. The van der Waals surface area contributed by atoms with E-state index >= 15 is 0 Å². The number of fused-ring (bicyclic) bond motifs is 3. The molecule has 1 aromatic carbocycles. The van der Waals surface area contributed by atoms with Gasteiger partial charge in [-0.05, 0) is 44.9 Å². The quantitative estimate of drug-likeness (QED) is 0.675. The maximum atomic E-state index is 12.5. The number of benzene rings is 1. The van der Waals surface area contributed by atoms with E-state index in [1.165, 1.54) is 17.4 Å². The average Bonchev–Trinajstić information content (AvgIpc) is 2.90. The van der Waals surface area contributed by atoms with Crippen molar-refractivity contribution in [2.24, 2.45) is 0 Å². The van der Waals surface area contributed by atoms with Crippen LogP contribution >= 0.6 is 0 Å². The lowest BCUT2D eigenvalue weighted by molar-refractivity contribution is -0.00000874. The number of aromatic amines is 1. The minimum atomic E-state index is -0.380. The number of nitrogens with zero attached hydrogens (tertiary/aromatic N) is 2. The molecule has 2 atom stereocenters. The van der Waals surface area contributed by atoms with Crippen molar-refractivity contribution in [1.82, 2.24) is 19.8 Å². The monoisotopic (exact) mass is 336 g/mol. The molecule has 3 heterocycles. The maximum absolute atomic E-state index is 12.5. The van der Waals surface area contributed by atoms with E-state index in [-0.39, 0.29) is 31.6 Å². The third-order valence-corrected chi connectivity index (χ3v) is 5.22. The highest BCUT2D eigenvalue weighted by molar-refractivity contribution is 5.89. The molecule has 0 saturated carbocycles. The van der Waals surface area contributed by atoms with Crippen LogP contribution in [0.2, 0.25) is 0 Å². The molecule has 124 valence electrons. The van der Waals surface area contributed by atoms with Crippen LogP contribution in [0.3, 0.4) is 0 Å². The van der Waals surface area contributed by atoms with E-state index in [0.717, 1.165) is 12.8 Å². The largest absolute Gasteiger partial charge is 1.00 e. The topological polar surface area (TPSA) is 70.1 Å².